The first-order valence-electron chi connectivity index (χ1n) is 5.81. The molecule has 106 valence electrons. The fourth-order valence-electron chi connectivity index (χ4n) is 1.78. The summed E-state index contributed by atoms with van der Waals surface area (Å²) in [5.41, 5.74) is 1.12. The van der Waals surface area contributed by atoms with Crippen LogP contribution >= 0.6 is 27.5 Å². The van der Waals surface area contributed by atoms with Gasteiger partial charge in [-0.2, -0.15) is 0 Å². The summed E-state index contributed by atoms with van der Waals surface area (Å²) in [6.07, 6.45) is 0. The van der Waals surface area contributed by atoms with E-state index >= 15 is 0 Å². The first kappa shape index (κ1) is 15.0. The van der Waals surface area contributed by atoms with Crippen LogP contribution in [0.2, 0.25) is 5.02 Å². The molecule has 0 radical (unpaired) electrons. The lowest BCUT2D eigenvalue weighted by Gasteiger charge is -2.10. The molecule has 0 saturated carbocycles. The fraction of sp³-hybridized carbons (Fsp3) is 0.308. The Labute approximate surface area is 128 Å². The Bertz CT molecular complexity index is 742. The standard InChI is InChI=1S/C13H12BrClN2O3/c1-7(18)20-6-12-16-11-4-10(15)8(5-14)3-9(11)13(19)17(12)2/h3-4H,5-6H2,1-2H3. The summed E-state index contributed by atoms with van der Waals surface area (Å²) in [6, 6.07) is 3.36. The first-order chi connectivity index (χ1) is 9.43. The second kappa shape index (κ2) is 5.93. The number of hydrogen-bond donors (Lipinski definition) is 0. The zero-order valence-electron chi connectivity index (χ0n) is 10.9. The highest BCUT2D eigenvalue weighted by Gasteiger charge is 2.12. The minimum absolute atomic E-state index is 0.0468. The molecule has 7 heteroatoms. The molecular formula is C13H12BrClN2O3. The summed E-state index contributed by atoms with van der Waals surface area (Å²) in [5, 5.41) is 1.58. The van der Waals surface area contributed by atoms with Crippen LogP contribution in [-0.4, -0.2) is 15.5 Å². The average molecular weight is 360 g/mol. The molecule has 1 aromatic heterocycles. The SMILES string of the molecule is CC(=O)OCc1nc2cc(Cl)c(CBr)cc2c(=O)n1C. The van der Waals surface area contributed by atoms with Gasteiger partial charge in [0.25, 0.3) is 5.56 Å². The third-order valence-corrected chi connectivity index (χ3v) is 3.84. The van der Waals surface area contributed by atoms with Crippen LogP contribution in [0.4, 0.5) is 0 Å². The van der Waals surface area contributed by atoms with E-state index in [1.54, 1.807) is 19.2 Å². The van der Waals surface area contributed by atoms with Crippen LogP contribution in [0.1, 0.15) is 18.3 Å². The minimum Gasteiger partial charge on any atom is -0.458 e. The normalized spacial score (nSPS) is 10.8. The lowest BCUT2D eigenvalue weighted by molar-refractivity contribution is -0.142. The summed E-state index contributed by atoms with van der Waals surface area (Å²) in [6.45, 7) is 1.26. The summed E-state index contributed by atoms with van der Waals surface area (Å²) in [7, 11) is 1.59. The molecule has 1 aromatic carbocycles. The molecule has 5 nitrogen and oxygen atoms in total. The molecule has 1 heterocycles. The number of benzene rings is 1. The number of fused-ring (bicyclic) bond motifs is 1. The Hall–Kier alpha value is -1.40. The molecule has 0 bridgehead atoms. The average Bonchev–Trinajstić information content (AvgIpc) is 2.40. The summed E-state index contributed by atoms with van der Waals surface area (Å²) in [5.74, 6) is -0.0487. The highest BCUT2D eigenvalue weighted by Crippen LogP contribution is 2.23. The van der Waals surface area contributed by atoms with Gasteiger partial charge in [-0.3, -0.25) is 14.2 Å². The summed E-state index contributed by atoms with van der Waals surface area (Å²) >= 11 is 9.43. The van der Waals surface area contributed by atoms with E-state index in [9.17, 15) is 9.59 Å². The molecule has 0 amide bonds. The summed E-state index contributed by atoms with van der Waals surface area (Å²) in [4.78, 5) is 27.5. The van der Waals surface area contributed by atoms with Crippen LogP contribution in [0.3, 0.4) is 0 Å². The van der Waals surface area contributed by atoms with Crippen molar-refractivity contribution in [2.75, 3.05) is 0 Å². The van der Waals surface area contributed by atoms with Crippen LogP contribution in [0, 0.1) is 0 Å². The molecule has 2 aromatic rings. The van der Waals surface area contributed by atoms with Crippen LogP contribution in [0.5, 0.6) is 0 Å². The van der Waals surface area contributed by atoms with Crippen LogP contribution < -0.4 is 5.56 Å². The van der Waals surface area contributed by atoms with Crippen LogP contribution in [0.25, 0.3) is 10.9 Å². The number of aromatic nitrogens is 2. The molecule has 0 spiro atoms. The molecule has 0 N–H and O–H groups in total. The zero-order chi connectivity index (χ0) is 14.9. The Morgan fingerprint density at radius 3 is 2.80 bits per heavy atom. The number of rotatable bonds is 3. The van der Waals surface area contributed by atoms with E-state index in [0.717, 1.165) is 5.56 Å². The van der Waals surface area contributed by atoms with Gasteiger partial charge in [-0.1, -0.05) is 27.5 Å². The second-order valence-electron chi connectivity index (χ2n) is 4.27. The van der Waals surface area contributed by atoms with Crippen LogP contribution in [-0.2, 0) is 28.5 Å². The number of nitrogens with zero attached hydrogens (tertiary/aromatic N) is 2. The van der Waals surface area contributed by atoms with Gasteiger partial charge < -0.3 is 4.74 Å². The number of esters is 1. The largest absolute Gasteiger partial charge is 0.458 e. The molecule has 0 aliphatic heterocycles. The van der Waals surface area contributed by atoms with Crippen molar-refractivity contribution in [1.29, 1.82) is 0 Å². The van der Waals surface area contributed by atoms with Gasteiger partial charge in [0, 0.05) is 24.3 Å². The highest BCUT2D eigenvalue weighted by atomic mass is 79.9. The number of ether oxygens (including phenoxy) is 1. The van der Waals surface area contributed by atoms with E-state index in [0.29, 0.717) is 27.1 Å². The van der Waals surface area contributed by atoms with Crippen molar-refractivity contribution < 1.29 is 9.53 Å². The molecule has 0 aliphatic carbocycles. The Morgan fingerprint density at radius 1 is 1.50 bits per heavy atom. The van der Waals surface area contributed by atoms with Gasteiger partial charge in [-0.15, -0.1) is 0 Å². The van der Waals surface area contributed by atoms with Gasteiger partial charge in [0.15, 0.2) is 0 Å². The molecule has 0 unspecified atom stereocenters. The Balaban J connectivity index is 2.62. The van der Waals surface area contributed by atoms with Crippen molar-refractivity contribution in [2.45, 2.75) is 18.9 Å². The van der Waals surface area contributed by atoms with E-state index in [1.807, 2.05) is 0 Å². The molecule has 0 aliphatic rings. The predicted octanol–water partition coefficient (Wildman–Crippen LogP) is 2.54. The Kier molecular flexibility index (Phi) is 4.45. The second-order valence-corrected chi connectivity index (χ2v) is 5.23. The molecular weight excluding hydrogens is 348 g/mol. The van der Waals surface area contributed by atoms with Gasteiger partial charge >= 0.3 is 5.97 Å². The number of alkyl halides is 1. The minimum atomic E-state index is -0.424. The maximum atomic E-state index is 12.3. The maximum absolute atomic E-state index is 12.3. The van der Waals surface area contributed by atoms with Gasteiger partial charge in [0.2, 0.25) is 0 Å². The van der Waals surface area contributed by atoms with Gasteiger partial charge in [-0.25, -0.2) is 4.98 Å². The number of carbonyl (C=O) groups is 1. The third kappa shape index (κ3) is 2.86. The fourth-order valence-corrected chi connectivity index (χ4v) is 2.63. The lowest BCUT2D eigenvalue weighted by atomic mass is 10.1. The molecule has 20 heavy (non-hydrogen) atoms. The van der Waals surface area contributed by atoms with Crippen LogP contribution in [0.15, 0.2) is 16.9 Å². The van der Waals surface area contributed by atoms with Crippen molar-refractivity contribution in [3.8, 4) is 0 Å². The quantitative estimate of drug-likeness (QED) is 0.624. The van der Waals surface area contributed by atoms with Gasteiger partial charge in [0.1, 0.15) is 12.4 Å². The van der Waals surface area contributed by atoms with E-state index in [4.69, 9.17) is 16.3 Å². The number of halogens is 2. The van der Waals surface area contributed by atoms with Gasteiger partial charge in [-0.05, 0) is 17.7 Å². The van der Waals surface area contributed by atoms with E-state index < -0.39 is 5.97 Å². The Morgan fingerprint density at radius 2 is 2.20 bits per heavy atom. The predicted molar refractivity (Wildman–Crippen MR) is 80.1 cm³/mol. The maximum Gasteiger partial charge on any atom is 0.303 e. The van der Waals surface area contributed by atoms with Crippen molar-refractivity contribution in [1.82, 2.24) is 9.55 Å². The molecule has 0 saturated heterocycles. The monoisotopic (exact) mass is 358 g/mol. The topological polar surface area (TPSA) is 61.2 Å². The molecule has 0 fully saturated rings. The lowest BCUT2D eigenvalue weighted by Crippen LogP contribution is -2.23. The number of carbonyl (C=O) groups excluding carboxylic acids is 1. The van der Waals surface area contributed by atoms with E-state index in [1.165, 1.54) is 11.5 Å². The summed E-state index contributed by atoms with van der Waals surface area (Å²) < 4.78 is 6.26. The zero-order valence-corrected chi connectivity index (χ0v) is 13.3. The first-order valence-corrected chi connectivity index (χ1v) is 7.31. The van der Waals surface area contributed by atoms with E-state index in [-0.39, 0.29) is 12.2 Å². The molecule has 2 rings (SSSR count). The van der Waals surface area contributed by atoms with Crippen molar-refractivity contribution in [2.24, 2.45) is 7.05 Å². The highest BCUT2D eigenvalue weighted by molar-refractivity contribution is 9.08. The molecule has 0 atom stereocenters. The number of hydrogen-bond acceptors (Lipinski definition) is 4. The third-order valence-electron chi connectivity index (χ3n) is 2.88. The van der Waals surface area contributed by atoms with Crippen molar-refractivity contribution in [3.63, 3.8) is 0 Å². The van der Waals surface area contributed by atoms with Crippen molar-refractivity contribution >= 4 is 44.4 Å². The van der Waals surface area contributed by atoms with Gasteiger partial charge in [0.05, 0.1) is 10.9 Å². The van der Waals surface area contributed by atoms with Crippen molar-refractivity contribution in [3.05, 3.63) is 38.9 Å². The smallest absolute Gasteiger partial charge is 0.303 e. The van der Waals surface area contributed by atoms with E-state index in [2.05, 4.69) is 20.9 Å².